The summed E-state index contributed by atoms with van der Waals surface area (Å²) in [5.74, 6) is -1.50. The van der Waals surface area contributed by atoms with Gasteiger partial charge >= 0.3 is 23.7 Å². The highest BCUT2D eigenvalue weighted by molar-refractivity contribution is 6.74. The van der Waals surface area contributed by atoms with Crippen molar-refractivity contribution in [2.45, 2.75) is 102 Å². The number of rotatable bonds is 8. The summed E-state index contributed by atoms with van der Waals surface area (Å²) in [7, 11) is -1.47. The van der Waals surface area contributed by atoms with Gasteiger partial charge in [0.05, 0.1) is 13.2 Å². The number of carbonyl (C=O) groups excluding carboxylic acids is 3. The minimum absolute atomic E-state index is 0.0379. The van der Waals surface area contributed by atoms with Crippen molar-refractivity contribution in [3.8, 4) is 0 Å². The van der Waals surface area contributed by atoms with Crippen molar-refractivity contribution in [2.75, 3.05) is 7.11 Å². The Morgan fingerprint density at radius 2 is 1.71 bits per heavy atom. The van der Waals surface area contributed by atoms with Gasteiger partial charge in [-0.1, -0.05) is 51.1 Å². The van der Waals surface area contributed by atoms with Crippen LogP contribution in [0.15, 0.2) is 46.1 Å². The summed E-state index contributed by atoms with van der Waals surface area (Å²) in [6.45, 7) is 12.6. The van der Waals surface area contributed by atoms with Crippen LogP contribution in [0.25, 0.3) is 0 Å². The molecule has 0 unspecified atom stereocenters. The smallest absolute Gasteiger partial charge is 0.407 e. The van der Waals surface area contributed by atoms with E-state index in [0.29, 0.717) is 0 Å². The number of alkyl carbamates (subject to hydrolysis) is 1. The lowest BCUT2D eigenvalue weighted by atomic mass is 9.91. The highest BCUT2D eigenvalue weighted by Crippen LogP contribution is 2.44. The summed E-state index contributed by atoms with van der Waals surface area (Å²) in [5.41, 5.74) is -0.474. The topological polar surface area (TPSA) is 173 Å². The van der Waals surface area contributed by atoms with E-state index in [1.807, 2.05) is 52.1 Å². The van der Waals surface area contributed by atoms with Crippen LogP contribution in [0.4, 0.5) is 4.79 Å². The van der Waals surface area contributed by atoms with Crippen LogP contribution in [0.5, 0.6) is 0 Å². The largest absolute Gasteiger partial charge is 0.467 e. The Kier molecular flexibility index (Phi) is 10.1. The zero-order chi connectivity index (χ0) is 33.3. The molecule has 15 heteroatoms. The average Bonchev–Trinajstić information content (AvgIpc) is 3.31. The van der Waals surface area contributed by atoms with Crippen LogP contribution in [0.3, 0.4) is 0 Å². The molecule has 7 atom stereocenters. The molecule has 1 aromatic carbocycles. The number of aromatic amines is 1. The number of hydrogen-bond donors (Lipinski definition) is 2. The number of nitrogens with zero attached hydrogens (tertiary/aromatic N) is 1. The number of aryl methyl sites for hydroxylation is 1. The zero-order valence-corrected chi connectivity index (χ0v) is 27.7. The van der Waals surface area contributed by atoms with Gasteiger partial charge in [-0.15, -0.1) is 0 Å². The number of ether oxygens (including phenoxy) is 5. The normalized spacial score (nSPS) is 26.4. The van der Waals surface area contributed by atoms with Gasteiger partial charge in [-0.05, 0) is 30.6 Å². The summed E-state index contributed by atoms with van der Waals surface area (Å²) < 4.78 is 36.6. The number of hydrogen-bond acceptors (Lipinski definition) is 11. The third-order valence-electron chi connectivity index (χ3n) is 8.42. The second kappa shape index (κ2) is 13.3. The quantitative estimate of drug-likeness (QED) is 0.245. The van der Waals surface area contributed by atoms with E-state index < -0.39 is 80.4 Å². The van der Waals surface area contributed by atoms with Gasteiger partial charge in [0, 0.05) is 18.7 Å². The summed E-state index contributed by atoms with van der Waals surface area (Å²) >= 11 is 0. The number of methoxy groups -OCH3 is 1. The lowest BCUT2D eigenvalue weighted by Crippen LogP contribution is -2.68. The van der Waals surface area contributed by atoms with E-state index in [4.69, 9.17) is 28.1 Å². The molecule has 2 saturated heterocycles. The van der Waals surface area contributed by atoms with Gasteiger partial charge in [-0.2, -0.15) is 0 Å². The van der Waals surface area contributed by atoms with Crippen molar-refractivity contribution >= 4 is 26.3 Å². The van der Waals surface area contributed by atoms with Crippen molar-refractivity contribution in [3.05, 3.63) is 68.5 Å². The minimum atomic E-state index is -2.66. The van der Waals surface area contributed by atoms with Crippen LogP contribution in [0.2, 0.25) is 18.1 Å². The Hall–Kier alpha value is -3.79. The monoisotopic (exact) mass is 647 g/mol. The van der Waals surface area contributed by atoms with Crippen LogP contribution >= 0.6 is 0 Å². The number of H-pyrrole nitrogens is 1. The minimum Gasteiger partial charge on any atom is -0.467 e. The zero-order valence-electron chi connectivity index (χ0n) is 26.7. The fourth-order valence-electron chi connectivity index (χ4n) is 5.07. The van der Waals surface area contributed by atoms with Crippen LogP contribution in [-0.4, -0.2) is 79.6 Å². The first-order chi connectivity index (χ1) is 21.0. The molecule has 2 aromatic rings. The Morgan fingerprint density at radius 1 is 1.04 bits per heavy atom. The molecule has 2 aliphatic rings. The van der Waals surface area contributed by atoms with Gasteiger partial charge < -0.3 is 33.4 Å². The van der Waals surface area contributed by atoms with Gasteiger partial charge in [0.25, 0.3) is 5.56 Å². The predicted molar refractivity (Wildman–Crippen MR) is 162 cm³/mol. The summed E-state index contributed by atoms with van der Waals surface area (Å²) in [6, 6.07) is 7.95. The van der Waals surface area contributed by atoms with Crippen LogP contribution in [0, 0.1) is 6.92 Å². The molecule has 0 spiro atoms. The lowest BCUT2D eigenvalue weighted by molar-refractivity contribution is -0.200. The molecule has 3 heterocycles. The second-order valence-corrected chi connectivity index (χ2v) is 17.4. The molecule has 45 heavy (non-hydrogen) atoms. The SMILES string of the molecule is COC(=O)[C@H]1O[C@@H]2[C@H](O[C@@H](n3cc(C)c(=O)[nH]c3=O)[C@@H]2OC(C)=O)[C@H](NC(=O)OCc2ccccc2)[C@H]1O[Si](C)(C)C(C)(C)C. The van der Waals surface area contributed by atoms with Gasteiger partial charge in [0.2, 0.25) is 0 Å². The molecule has 4 rings (SSSR count). The number of benzene rings is 1. The average molecular weight is 648 g/mol. The third-order valence-corrected chi connectivity index (χ3v) is 12.9. The number of carbonyl (C=O) groups is 3. The van der Waals surface area contributed by atoms with E-state index >= 15 is 0 Å². The van der Waals surface area contributed by atoms with Crippen molar-refractivity contribution in [1.29, 1.82) is 0 Å². The lowest BCUT2D eigenvalue weighted by Gasteiger charge is -2.48. The van der Waals surface area contributed by atoms with Crippen LogP contribution in [0.1, 0.15) is 45.0 Å². The van der Waals surface area contributed by atoms with Crippen molar-refractivity contribution in [1.82, 2.24) is 14.9 Å². The van der Waals surface area contributed by atoms with Gasteiger partial charge in [-0.3, -0.25) is 19.1 Å². The molecule has 1 aromatic heterocycles. The van der Waals surface area contributed by atoms with Gasteiger partial charge in [0.1, 0.15) is 24.9 Å². The van der Waals surface area contributed by atoms with Crippen molar-refractivity contribution < 1.29 is 42.5 Å². The highest BCUT2D eigenvalue weighted by atomic mass is 28.4. The maximum absolute atomic E-state index is 13.3. The predicted octanol–water partition coefficient (Wildman–Crippen LogP) is 2.30. The molecule has 0 saturated carbocycles. The van der Waals surface area contributed by atoms with Crippen molar-refractivity contribution in [3.63, 3.8) is 0 Å². The van der Waals surface area contributed by atoms with E-state index in [-0.39, 0.29) is 17.2 Å². The molecular formula is C30H41N3O11Si. The maximum Gasteiger partial charge on any atom is 0.407 e. The molecule has 2 N–H and O–H groups in total. The van der Waals surface area contributed by atoms with Crippen LogP contribution < -0.4 is 16.6 Å². The van der Waals surface area contributed by atoms with Gasteiger partial charge in [-0.25, -0.2) is 14.4 Å². The summed E-state index contributed by atoms with van der Waals surface area (Å²) in [5, 5.41) is 2.50. The standard InChI is InChI=1S/C30H41N3O11Si/c1-16-14-33(28(37)32-25(16)35)26-23(41-17(2)34)22-20(43-26)19(31-29(38)40-15-18-12-10-9-11-13-18)21(24(42-22)27(36)39-6)44-45(7,8)30(3,4)5/h9-14,19-24,26H,15H2,1-8H3,(H,31,38)(H,32,35,37)/t19-,20+,21+,22+,23+,24-,26+/m0/s1. The Morgan fingerprint density at radius 3 is 2.31 bits per heavy atom. The molecule has 1 amide bonds. The van der Waals surface area contributed by atoms with Crippen LogP contribution in [-0.2, 0) is 44.3 Å². The molecule has 0 aliphatic carbocycles. The van der Waals surface area contributed by atoms with E-state index in [9.17, 15) is 24.0 Å². The van der Waals surface area contributed by atoms with E-state index in [1.165, 1.54) is 27.2 Å². The Labute approximate surface area is 261 Å². The molecule has 246 valence electrons. The number of esters is 2. The number of fused-ring (bicyclic) bond motifs is 1. The highest BCUT2D eigenvalue weighted by Gasteiger charge is 2.62. The first-order valence-corrected chi connectivity index (χ1v) is 17.5. The second-order valence-electron chi connectivity index (χ2n) is 12.7. The molecule has 2 fully saturated rings. The number of amides is 1. The number of aromatic nitrogens is 2. The molecule has 0 radical (unpaired) electrons. The first-order valence-electron chi connectivity index (χ1n) is 14.6. The maximum atomic E-state index is 13.3. The summed E-state index contributed by atoms with van der Waals surface area (Å²) in [4.78, 5) is 66.1. The molecule has 2 aliphatic heterocycles. The van der Waals surface area contributed by atoms with Crippen molar-refractivity contribution in [2.24, 2.45) is 0 Å². The molecule has 0 bridgehead atoms. The Bertz CT molecular complexity index is 1520. The van der Waals surface area contributed by atoms with E-state index in [1.54, 1.807) is 12.1 Å². The summed E-state index contributed by atoms with van der Waals surface area (Å²) in [6.07, 6.45) is -6.95. The van der Waals surface area contributed by atoms with E-state index in [0.717, 1.165) is 10.1 Å². The number of nitrogens with one attached hydrogen (secondary N) is 2. The first kappa shape index (κ1) is 34.1. The fraction of sp³-hybridized carbons (Fsp3) is 0.567. The Balaban J connectivity index is 1.79. The van der Waals surface area contributed by atoms with Gasteiger partial charge in [0.15, 0.2) is 26.8 Å². The third kappa shape index (κ3) is 7.38. The fourth-order valence-corrected chi connectivity index (χ4v) is 6.37. The van der Waals surface area contributed by atoms with E-state index in [2.05, 4.69) is 10.3 Å². The molecule has 14 nitrogen and oxygen atoms in total. The molecular weight excluding hydrogens is 606 g/mol.